The van der Waals surface area contributed by atoms with Crippen molar-refractivity contribution in [1.29, 1.82) is 0 Å². The van der Waals surface area contributed by atoms with Crippen LogP contribution < -0.4 is 10.6 Å². The number of rotatable bonds is 8. The van der Waals surface area contributed by atoms with E-state index >= 15 is 0 Å². The lowest BCUT2D eigenvalue weighted by Crippen LogP contribution is -2.51. The van der Waals surface area contributed by atoms with Crippen molar-refractivity contribution < 1.29 is 13.5 Å². The average Bonchev–Trinajstić information content (AvgIpc) is 3.34. The third-order valence-corrected chi connectivity index (χ3v) is 6.64. The topological polar surface area (TPSA) is 81.0 Å². The molecule has 0 atom stereocenters. The van der Waals surface area contributed by atoms with Crippen LogP contribution in [0.1, 0.15) is 28.4 Å². The molecule has 1 aromatic heterocycles. The van der Waals surface area contributed by atoms with Crippen LogP contribution >= 0.6 is 0 Å². The maximum absolute atomic E-state index is 13.6. The Morgan fingerprint density at radius 3 is 2.18 bits per heavy atom. The minimum atomic E-state index is -0.295. The first kappa shape index (κ1) is 25.3. The maximum Gasteiger partial charge on any atom is 0.143 e. The maximum atomic E-state index is 13.6. The molecule has 0 radical (unpaired) electrons. The molecule has 0 amide bonds. The van der Waals surface area contributed by atoms with Gasteiger partial charge in [-0.25, -0.2) is 13.8 Å². The van der Waals surface area contributed by atoms with Crippen molar-refractivity contribution in [3.8, 4) is 11.4 Å². The zero-order chi connectivity index (χ0) is 26.6. The van der Waals surface area contributed by atoms with Crippen molar-refractivity contribution in [3.63, 3.8) is 0 Å². The molecular formula is C29H28F2N6O. The molecule has 1 aliphatic rings. The molecule has 0 saturated carbocycles. The molecule has 2 heterocycles. The number of ether oxygens (including phenoxy) is 1. The molecule has 0 unspecified atom stereocenters. The molecule has 2 N–H and O–H groups in total. The number of nitrogens with zero attached hydrogens (tertiary/aromatic N) is 5. The standard InChI is InChI=1S/C29H28F2N6O/c1-19-15-37(18-34-19)27-12-7-22(13-28(27)38-2)26(35-32)14-33-25-16-36(17-25)29(20-3-8-23(30)9-4-20)21-5-10-24(31)11-6-21/h3-15,18,25,29H,16-17,32H2,1-2H3/b33-14?,35-26+. The highest BCUT2D eigenvalue weighted by Gasteiger charge is 2.33. The van der Waals surface area contributed by atoms with Gasteiger partial charge in [-0.3, -0.25) is 9.89 Å². The summed E-state index contributed by atoms with van der Waals surface area (Å²) in [5.41, 5.74) is 4.94. The number of hydrazone groups is 1. The number of nitrogens with two attached hydrogens (primary N) is 1. The van der Waals surface area contributed by atoms with Crippen molar-refractivity contribution in [2.75, 3.05) is 20.2 Å². The summed E-state index contributed by atoms with van der Waals surface area (Å²) in [5.74, 6) is 5.78. The molecule has 0 aliphatic carbocycles. The highest BCUT2D eigenvalue weighted by atomic mass is 19.1. The summed E-state index contributed by atoms with van der Waals surface area (Å²) in [5, 5.41) is 3.94. The van der Waals surface area contributed by atoms with E-state index in [9.17, 15) is 8.78 Å². The second kappa shape index (κ2) is 10.9. The molecule has 0 spiro atoms. The van der Waals surface area contributed by atoms with Gasteiger partial charge in [0.2, 0.25) is 0 Å². The van der Waals surface area contributed by atoms with Gasteiger partial charge in [0.15, 0.2) is 0 Å². The van der Waals surface area contributed by atoms with Crippen molar-refractivity contribution in [2.24, 2.45) is 15.9 Å². The molecule has 4 aromatic rings. The van der Waals surface area contributed by atoms with Gasteiger partial charge in [0, 0.05) is 31.1 Å². The van der Waals surface area contributed by atoms with E-state index in [0.717, 1.165) is 28.1 Å². The quantitative estimate of drug-likeness (QED) is 0.210. The van der Waals surface area contributed by atoms with E-state index in [-0.39, 0.29) is 23.7 Å². The first-order chi connectivity index (χ1) is 18.4. The summed E-state index contributed by atoms with van der Waals surface area (Å²) in [6.07, 6.45) is 5.34. The monoisotopic (exact) mass is 514 g/mol. The SMILES string of the molecule is COc1cc(/C(C=NC2CN(C(c3ccc(F)cc3)c3ccc(F)cc3)C2)=N/N)ccc1-n1cnc(C)c1. The Bertz CT molecular complexity index is 1410. The second-order valence-electron chi connectivity index (χ2n) is 9.21. The summed E-state index contributed by atoms with van der Waals surface area (Å²) in [6.45, 7) is 3.28. The molecule has 38 heavy (non-hydrogen) atoms. The van der Waals surface area contributed by atoms with Crippen LogP contribution in [0.15, 0.2) is 89.3 Å². The Kier molecular flexibility index (Phi) is 7.28. The normalized spacial score (nSPS) is 14.8. The number of benzene rings is 3. The van der Waals surface area contributed by atoms with Crippen molar-refractivity contribution in [2.45, 2.75) is 19.0 Å². The summed E-state index contributed by atoms with van der Waals surface area (Å²) in [6, 6.07) is 18.4. The first-order valence-corrected chi connectivity index (χ1v) is 12.2. The van der Waals surface area contributed by atoms with E-state index in [1.54, 1.807) is 43.9 Å². The van der Waals surface area contributed by atoms with Gasteiger partial charge in [-0.05, 0) is 54.4 Å². The fourth-order valence-corrected chi connectivity index (χ4v) is 4.66. The molecule has 5 rings (SSSR count). The molecule has 9 heteroatoms. The highest BCUT2D eigenvalue weighted by Crippen LogP contribution is 2.33. The van der Waals surface area contributed by atoms with Gasteiger partial charge >= 0.3 is 0 Å². The van der Waals surface area contributed by atoms with Gasteiger partial charge in [0.1, 0.15) is 23.1 Å². The van der Waals surface area contributed by atoms with Crippen LogP contribution in [0.25, 0.3) is 5.69 Å². The van der Waals surface area contributed by atoms with Crippen LogP contribution in [0, 0.1) is 18.6 Å². The Balaban J connectivity index is 1.30. The summed E-state index contributed by atoms with van der Waals surface area (Å²) >= 11 is 0. The Morgan fingerprint density at radius 1 is 1.03 bits per heavy atom. The molecule has 3 aromatic carbocycles. The molecule has 1 aliphatic heterocycles. The number of aryl methyl sites for hydroxylation is 1. The number of hydrogen-bond acceptors (Lipinski definition) is 6. The number of hydrogen-bond donors (Lipinski definition) is 1. The largest absolute Gasteiger partial charge is 0.495 e. The average molecular weight is 515 g/mol. The molecule has 194 valence electrons. The van der Waals surface area contributed by atoms with Crippen LogP contribution in [0.3, 0.4) is 0 Å². The minimum Gasteiger partial charge on any atom is -0.495 e. The third-order valence-electron chi connectivity index (χ3n) is 6.64. The van der Waals surface area contributed by atoms with Crippen LogP contribution in [-0.2, 0) is 0 Å². The molecule has 1 fully saturated rings. The molecule has 1 saturated heterocycles. The Hall–Kier alpha value is -4.37. The Labute approximate surface area is 219 Å². The number of imidazole rings is 1. The van der Waals surface area contributed by atoms with Crippen molar-refractivity contribution in [1.82, 2.24) is 14.5 Å². The van der Waals surface area contributed by atoms with Gasteiger partial charge in [-0.1, -0.05) is 30.3 Å². The third kappa shape index (κ3) is 5.33. The summed E-state index contributed by atoms with van der Waals surface area (Å²) in [7, 11) is 1.61. The number of aromatic nitrogens is 2. The van der Waals surface area contributed by atoms with E-state index in [1.807, 2.05) is 35.9 Å². The van der Waals surface area contributed by atoms with Crippen LogP contribution in [-0.4, -0.2) is 52.6 Å². The fourth-order valence-electron chi connectivity index (χ4n) is 4.66. The minimum absolute atomic E-state index is 0.0326. The number of methoxy groups -OCH3 is 1. The van der Waals surface area contributed by atoms with Crippen LogP contribution in [0.5, 0.6) is 5.75 Å². The van der Waals surface area contributed by atoms with Crippen molar-refractivity contribution >= 4 is 11.9 Å². The lowest BCUT2D eigenvalue weighted by molar-refractivity contribution is 0.115. The molecule has 0 bridgehead atoms. The van der Waals surface area contributed by atoms with E-state index in [1.165, 1.54) is 24.3 Å². The lowest BCUT2D eigenvalue weighted by Gasteiger charge is -2.43. The molecular weight excluding hydrogens is 486 g/mol. The number of likely N-dealkylation sites (tertiary alicyclic amines) is 1. The highest BCUT2D eigenvalue weighted by molar-refractivity contribution is 6.38. The van der Waals surface area contributed by atoms with E-state index in [0.29, 0.717) is 24.6 Å². The van der Waals surface area contributed by atoms with Gasteiger partial charge in [-0.15, -0.1) is 0 Å². The smallest absolute Gasteiger partial charge is 0.143 e. The molecule has 7 nitrogen and oxygen atoms in total. The zero-order valence-corrected chi connectivity index (χ0v) is 21.1. The lowest BCUT2D eigenvalue weighted by atomic mass is 9.93. The van der Waals surface area contributed by atoms with Gasteiger partial charge in [0.05, 0.1) is 36.9 Å². The summed E-state index contributed by atoms with van der Waals surface area (Å²) in [4.78, 5) is 11.2. The van der Waals surface area contributed by atoms with Gasteiger partial charge < -0.3 is 15.1 Å². The first-order valence-electron chi connectivity index (χ1n) is 12.2. The predicted molar refractivity (Wildman–Crippen MR) is 144 cm³/mol. The van der Waals surface area contributed by atoms with Crippen LogP contribution in [0.4, 0.5) is 8.78 Å². The zero-order valence-electron chi connectivity index (χ0n) is 21.1. The van der Waals surface area contributed by atoms with E-state index < -0.39 is 0 Å². The summed E-state index contributed by atoms with van der Waals surface area (Å²) < 4.78 is 34.6. The van der Waals surface area contributed by atoms with E-state index in [4.69, 9.17) is 15.6 Å². The number of halogens is 2. The van der Waals surface area contributed by atoms with E-state index in [2.05, 4.69) is 15.0 Å². The van der Waals surface area contributed by atoms with Crippen LogP contribution in [0.2, 0.25) is 0 Å². The fraction of sp³-hybridized carbons (Fsp3) is 0.207. The predicted octanol–water partition coefficient (Wildman–Crippen LogP) is 4.67. The Morgan fingerprint density at radius 2 is 1.66 bits per heavy atom. The number of aliphatic imine (C=N–C) groups is 1. The second-order valence-corrected chi connectivity index (χ2v) is 9.21. The van der Waals surface area contributed by atoms with Gasteiger partial charge in [0.25, 0.3) is 0 Å². The van der Waals surface area contributed by atoms with Crippen molar-refractivity contribution in [3.05, 3.63) is 113 Å². The van der Waals surface area contributed by atoms with Gasteiger partial charge in [-0.2, -0.15) is 5.10 Å².